The van der Waals surface area contributed by atoms with Gasteiger partial charge in [-0.1, -0.05) is 17.3 Å². The number of hydrogen-bond donors (Lipinski definition) is 2. The molecule has 0 saturated carbocycles. The van der Waals surface area contributed by atoms with E-state index in [0.29, 0.717) is 17.9 Å². The molecule has 0 radical (unpaired) electrons. The van der Waals surface area contributed by atoms with E-state index in [4.69, 9.17) is 24.8 Å². The Kier molecular flexibility index (Phi) is 3.47. The van der Waals surface area contributed by atoms with Crippen molar-refractivity contribution < 1.29 is 19.1 Å². The first-order valence-electron chi connectivity index (χ1n) is 6.53. The van der Waals surface area contributed by atoms with Crippen LogP contribution in [-0.2, 0) is 4.74 Å². The fraction of sp³-hybridized carbons (Fsp3) is 0.357. The second-order valence-electron chi connectivity index (χ2n) is 4.69. The van der Waals surface area contributed by atoms with Crippen molar-refractivity contribution in [3.8, 4) is 5.75 Å². The van der Waals surface area contributed by atoms with E-state index in [1.165, 1.54) is 0 Å². The van der Waals surface area contributed by atoms with Gasteiger partial charge in [-0.2, -0.15) is 0 Å². The van der Waals surface area contributed by atoms with Crippen molar-refractivity contribution in [2.45, 2.75) is 18.9 Å². The van der Waals surface area contributed by atoms with Crippen molar-refractivity contribution in [1.29, 1.82) is 0 Å². The average molecular weight is 276 g/mol. The summed E-state index contributed by atoms with van der Waals surface area (Å²) in [5, 5.41) is 12.6. The molecule has 20 heavy (non-hydrogen) atoms. The molecule has 0 aliphatic carbocycles. The largest absolute Gasteiger partial charge is 0.486 e. The lowest BCUT2D eigenvalue weighted by Crippen LogP contribution is -2.18. The van der Waals surface area contributed by atoms with Crippen LogP contribution in [0.5, 0.6) is 5.75 Å². The summed E-state index contributed by atoms with van der Waals surface area (Å²) in [4.78, 5) is 0. The first-order valence-corrected chi connectivity index (χ1v) is 6.53. The summed E-state index contributed by atoms with van der Waals surface area (Å²) < 4.78 is 16.9. The molecule has 2 heterocycles. The molecule has 1 unspecified atom stereocenters. The zero-order valence-electron chi connectivity index (χ0n) is 10.9. The Balaban J connectivity index is 1.93. The van der Waals surface area contributed by atoms with E-state index >= 15 is 0 Å². The van der Waals surface area contributed by atoms with Crippen LogP contribution in [0.3, 0.4) is 0 Å². The third-order valence-corrected chi connectivity index (χ3v) is 3.33. The second-order valence-corrected chi connectivity index (χ2v) is 4.69. The highest BCUT2D eigenvalue weighted by atomic mass is 16.5. The van der Waals surface area contributed by atoms with Gasteiger partial charge in [-0.05, 0) is 25.0 Å². The van der Waals surface area contributed by atoms with Crippen LogP contribution in [0.15, 0.2) is 33.8 Å². The molecule has 1 fully saturated rings. The molecule has 6 heteroatoms. The Labute approximate surface area is 115 Å². The molecule has 0 bridgehead atoms. The van der Waals surface area contributed by atoms with Crippen LogP contribution in [0.4, 0.5) is 0 Å². The molecule has 1 atom stereocenters. The van der Waals surface area contributed by atoms with Crippen LogP contribution in [0.2, 0.25) is 0 Å². The predicted octanol–water partition coefficient (Wildman–Crippen LogP) is 2.09. The summed E-state index contributed by atoms with van der Waals surface area (Å²) in [6.45, 7) is 1.20. The lowest BCUT2D eigenvalue weighted by Gasteiger charge is -2.11. The highest BCUT2D eigenvalue weighted by Crippen LogP contribution is 2.33. The van der Waals surface area contributed by atoms with Crippen LogP contribution in [0, 0.1) is 0 Å². The van der Waals surface area contributed by atoms with Gasteiger partial charge in [0.1, 0.15) is 12.2 Å². The van der Waals surface area contributed by atoms with Crippen molar-refractivity contribution in [1.82, 2.24) is 0 Å². The number of rotatable bonds is 4. The third kappa shape index (κ3) is 2.30. The minimum Gasteiger partial charge on any atom is -0.486 e. The van der Waals surface area contributed by atoms with Gasteiger partial charge in [0, 0.05) is 6.61 Å². The molecule has 1 saturated heterocycles. The summed E-state index contributed by atoms with van der Waals surface area (Å²) in [6, 6.07) is 7.42. The monoisotopic (exact) mass is 276 g/mol. The highest BCUT2D eigenvalue weighted by Gasteiger charge is 2.22. The second kappa shape index (κ2) is 5.42. The van der Waals surface area contributed by atoms with E-state index in [1.54, 1.807) is 0 Å². The summed E-state index contributed by atoms with van der Waals surface area (Å²) >= 11 is 0. The number of furan rings is 1. The number of nitrogens with zero attached hydrogens (tertiary/aromatic N) is 1. The van der Waals surface area contributed by atoms with E-state index in [1.807, 2.05) is 24.3 Å². The van der Waals surface area contributed by atoms with E-state index in [0.717, 1.165) is 24.8 Å². The normalized spacial score (nSPS) is 19.6. The van der Waals surface area contributed by atoms with Gasteiger partial charge in [-0.25, -0.2) is 0 Å². The maximum Gasteiger partial charge on any atom is 0.215 e. The van der Waals surface area contributed by atoms with Gasteiger partial charge in [0.2, 0.25) is 11.6 Å². The minimum absolute atomic E-state index is 0.0869. The Morgan fingerprint density at radius 2 is 2.30 bits per heavy atom. The molecule has 0 spiro atoms. The van der Waals surface area contributed by atoms with Gasteiger partial charge in [-0.15, -0.1) is 0 Å². The molecule has 106 valence electrons. The highest BCUT2D eigenvalue weighted by molar-refractivity contribution is 6.03. The maximum atomic E-state index is 8.84. The van der Waals surface area contributed by atoms with E-state index in [9.17, 15) is 0 Å². The van der Waals surface area contributed by atoms with Gasteiger partial charge >= 0.3 is 0 Å². The lowest BCUT2D eigenvalue weighted by atomic mass is 10.2. The van der Waals surface area contributed by atoms with Gasteiger partial charge in [0.15, 0.2) is 5.75 Å². The molecule has 3 N–H and O–H groups in total. The molecule has 1 aliphatic rings. The summed E-state index contributed by atoms with van der Waals surface area (Å²) in [5.41, 5.74) is 6.27. The van der Waals surface area contributed by atoms with Crippen molar-refractivity contribution >= 4 is 16.8 Å². The maximum absolute atomic E-state index is 8.84. The molecule has 2 aromatic rings. The Morgan fingerprint density at radius 3 is 3.05 bits per heavy atom. The number of amidine groups is 1. The summed E-state index contributed by atoms with van der Waals surface area (Å²) in [7, 11) is 0. The zero-order valence-corrected chi connectivity index (χ0v) is 10.9. The number of ether oxygens (including phenoxy) is 2. The van der Waals surface area contributed by atoms with E-state index < -0.39 is 0 Å². The zero-order chi connectivity index (χ0) is 13.9. The van der Waals surface area contributed by atoms with Crippen molar-refractivity contribution in [2.75, 3.05) is 13.2 Å². The van der Waals surface area contributed by atoms with Crippen LogP contribution in [0.1, 0.15) is 18.6 Å². The van der Waals surface area contributed by atoms with Crippen LogP contribution < -0.4 is 10.5 Å². The topological polar surface area (TPSA) is 90.2 Å². The number of fused-ring (bicyclic) bond motifs is 1. The first-order chi connectivity index (χ1) is 9.79. The predicted molar refractivity (Wildman–Crippen MR) is 73.2 cm³/mol. The molecule has 1 aromatic heterocycles. The van der Waals surface area contributed by atoms with Gasteiger partial charge in [-0.3, -0.25) is 0 Å². The fourth-order valence-corrected chi connectivity index (χ4v) is 2.33. The van der Waals surface area contributed by atoms with Crippen LogP contribution >= 0.6 is 0 Å². The van der Waals surface area contributed by atoms with Gasteiger partial charge in [0.05, 0.1) is 11.5 Å². The third-order valence-electron chi connectivity index (χ3n) is 3.33. The molecule has 6 nitrogen and oxygen atoms in total. The fourth-order valence-electron chi connectivity index (χ4n) is 2.33. The molecule has 3 rings (SSSR count). The Hall–Kier alpha value is -2.21. The number of oxime groups is 1. The minimum atomic E-state index is -0.108. The van der Waals surface area contributed by atoms with Gasteiger partial charge in [0.25, 0.3) is 0 Å². The molecular weight excluding hydrogens is 260 g/mol. The van der Waals surface area contributed by atoms with E-state index in [2.05, 4.69) is 5.16 Å². The molecule has 1 aliphatic heterocycles. The molecule has 0 amide bonds. The lowest BCUT2D eigenvalue weighted by molar-refractivity contribution is 0.0681. The van der Waals surface area contributed by atoms with Crippen LogP contribution in [-0.4, -0.2) is 30.4 Å². The van der Waals surface area contributed by atoms with E-state index in [-0.39, 0.29) is 17.7 Å². The average Bonchev–Trinajstić information content (AvgIpc) is 3.11. The molecular formula is C14H16N2O4. The summed E-state index contributed by atoms with van der Waals surface area (Å²) in [6.07, 6.45) is 2.12. The van der Waals surface area contributed by atoms with Crippen molar-refractivity contribution in [3.63, 3.8) is 0 Å². The number of para-hydroxylation sites is 1. The quantitative estimate of drug-likeness (QED) is 0.386. The Morgan fingerprint density at radius 1 is 1.45 bits per heavy atom. The number of hydrogen-bond acceptors (Lipinski definition) is 5. The number of nitrogens with two attached hydrogens (primary N) is 1. The smallest absolute Gasteiger partial charge is 0.215 e. The van der Waals surface area contributed by atoms with Crippen LogP contribution in [0.25, 0.3) is 11.0 Å². The standard InChI is InChI=1S/C14H16N2O4/c15-14(16-17)13-12(19-8-9-4-3-7-18-9)10-5-1-2-6-11(10)20-13/h1-2,5-6,9,17H,3-4,7-8H2,(H2,15,16). The SMILES string of the molecule is N/C(=N/O)c1oc2ccccc2c1OCC1CCCO1. The first kappa shape index (κ1) is 12.8. The number of benzene rings is 1. The summed E-state index contributed by atoms with van der Waals surface area (Å²) in [5.74, 6) is 0.627. The van der Waals surface area contributed by atoms with Crippen molar-refractivity contribution in [3.05, 3.63) is 30.0 Å². The van der Waals surface area contributed by atoms with Gasteiger partial charge < -0.3 is 24.8 Å². The van der Waals surface area contributed by atoms with Crippen molar-refractivity contribution in [2.24, 2.45) is 10.9 Å². The molecule has 1 aromatic carbocycles. The Bertz CT molecular complexity index is 629.